The van der Waals surface area contributed by atoms with E-state index in [1.165, 1.54) is 5.56 Å². The lowest BCUT2D eigenvalue weighted by atomic mass is 10.3. The summed E-state index contributed by atoms with van der Waals surface area (Å²) in [6.07, 6.45) is 3.90. The number of methoxy groups -OCH3 is 1. The molecule has 104 valence electrons. The van der Waals surface area contributed by atoms with Crippen molar-refractivity contribution in [1.29, 1.82) is 0 Å². The summed E-state index contributed by atoms with van der Waals surface area (Å²) in [6, 6.07) is 5.92. The van der Waals surface area contributed by atoms with Gasteiger partial charge in [0.2, 0.25) is 0 Å². The maximum absolute atomic E-state index is 5.22. The number of fused-ring (bicyclic) bond motifs is 1. The van der Waals surface area contributed by atoms with E-state index in [2.05, 4.69) is 15.4 Å². The minimum atomic E-state index is 0.804. The third-order valence-corrected chi connectivity index (χ3v) is 3.95. The molecule has 0 fully saturated rings. The lowest BCUT2D eigenvalue weighted by molar-refractivity contribution is 0.415. The van der Waals surface area contributed by atoms with E-state index in [1.807, 2.05) is 42.2 Å². The van der Waals surface area contributed by atoms with Crippen molar-refractivity contribution in [2.24, 2.45) is 0 Å². The number of benzene rings is 1. The van der Waals surface area contributed by atoms with Crippen molar-refractivity contribution < 1.29 is 4.74 Å². The van der Waals surface area contributed by atoms with Gasteiger partial charge in [0.15, 0.2) is 5.13 Å². The Morgan fingerprint density at radius 2 is 2.30 bits per heavy atom. The molecule has 3 rings (SSSR count). The van der Waals surface area contributed by atoms with Crippen LogP contribution in [0.3, 0.4) is 0 Å². The standard InChI is InChI=1S/C14H16N4OS/c1-10-8-16-18(9-10)6-5-15-14-17-12-4-3-11(19-2)7-13(12)20-14/h3-4,7-9H,5-6H2,1-2H3,(H,15,17). The molecule has 0 saturated heterocycles. The van der Waals surface area contributed by atoms with Crippen molar-refractivity contribution >= 4 is 26.7 Å². The Hall–Kier alpha value is -2.08. The van der Waals surface area contributed by atoms with Crippen LogP contribution in [0.25, 0.3) is 10.2 Å². The van der Waals surface area contributed by atoms with Gasteiger partial charge in [-0.1, -0.05) is 11.3 Å². The zero-order valence-electron chi connectivity index (χ0n) is 11.5. The highest BCUT2D eigenvalue weighted by molar-refractivity contribution is 7.22. The van der Waals surface area contributed by atoms with Crippen molar-refractivity contribution in [3.05, 3.63) is 36.2 Å². The van der Waals surface area contributed by atoms with Gasteiger partial charge in [0, 0.05) is 12.7 Å². The van der Waals surface area contributed by atoms with Gasteiger partial charge in [0.1, 0.15) is 5.75 Å². The molecular weight excluding hydrogens is 272 g/mol. The van der Waals surface area contributed by atoms with Crippen LogP contribution < -0.4 is 10.1 Å². The van der Waals surface area contributed by atoms with E-state index in [-0.39, 0.29) is 0 Å². The van der Waals surface area contributed by atoms with Crippen LogP contribution in [-0.4, -0.2) is 28.4 Å². The van der Waals surface area contributed by atoms with E-state index in [4.69, 9.17) is 4.74 Å². The Kier molecular flexibility index (Phi) is 3.56. The summed E-state index contributed by atoms with van der Waals surface area (Å²) in [7, 11) is 1.67. The van der Waals surface area contributed by atoms with Crippen molar-refractivity contribution in [1.82, 2.24) is 14.8 Å². The molecule has 0 atom stereocenters. The molecule has 6 heteroatoms. The minimum absolute atomic E-state index is 0.804. The summed E-state index contributed by atoms with van der Waals surface area (Å²) in [5.74, 6) is 0.861. The number of anilines is 1. The highest BCUT2D eigenvalue weighted by atomic mass is 32.1. The summed E-state index contributed by atoms with van der Waals surface area (Å²) in [5, 5.41) is 8.52. The molecule has 0 bridgehead atoms. The Morgan fingerprint density at radius 3 is 3.05 bits per heavy atom. The number of nitrogens with one attached hydrogen (secondary N) is 1. The average molecular weight is 288 g/mol. The lowest BCUT2D eigenvalue weighted by Gasteiger charge is -2.02. The Morgan fingerprint density at radius 1 is 1.40 bits per heavy atom. The summed E-state index contributed by atoms with van der Waals surface area (Å²) >= 11 is 1.64. The second-order valence-electron chi connectivity index (χ2n) is 4.56. The van der Waals surface area contributed by atoms with Gasteiger partial charge in [0.25, 0.3) is 0 Å². The molecule has 0 aliphatic carbocycles. The summed E-state index contributed by atoms with van der Waals surface area (Å²) < 4.78 is 8.28. The SMILES string of the molecule is COc1ccc2nc(NCCn3cc(C)cn3)sc2c1. The third-order valence-electron chi connectivity index (χ3n) is 2.98. The maximum Gasteiger partial charge on any atom is 0.183 e. The van der Waals surface area contributed by atoms with Crippen LogP contribution in [0.5, 0.6) is 5.75 Å². The largest absolute Gasteiger partial charge is 0.497 e. The van der Waals surface area contributed by atoms with Crippen LogP contribution >= 0.6 is 11.3 Å². The van der Waals surface area contributed by atoms with Gasteiger partial charge >= 0.3 is 0 Å². The molecule has 2 aromatic heterocycles. The molecular formula is C14H16N4OS. The number of thiazole rings is 1. The van der Waals surface area contributed by atoms with Crippen molar-refractivity contribution in [2.75, 3.05) is 19.0 Å². The molecule has 2 heterocycles. The molecule has 0 aliphatic rings. The number of aromatic nitrogens is 3. The van der Waals surface area contributed by atoms with E-state index >= 15 is 0 Å². The minimum Gasteiger partial charge on any atom is -0.497 e. The number of hydrogen-bond acceptors (Lipinski definition) is 5. The first-order chi connectivity index (χ1) is 9.74. The maximum atomic E-state index is 5.22. The van der Waals surface area contributed by atoms with Gasteiger partial charge in [-0.3, -0.25) is 4.68 Å². The second kappa shape index (κ2) is 5.50. The van der Waals surface area contributed by atoms with Crippen molar-refractivity contribution in [2.45, 2.75) is 13.5 Å². The first-order valence-corrected chi connectivity index (χ1v) is 7.24. The Bertz CT molecular complexity index is 719. The quantitative estimate of drug-likeness (QED) is 0.784. The first kappa shape index (κ1) is 12.9. The zero-order chi connectivity index (χ0) is 13.9. The number of rotatable bonds is 5. The van der Waals surface area contributed by atoms with E-state index in [1.54, 1.807) is 18.4 Å². The number of nitrogens with zero attached hydrogens (tertiary/aromatic N) is 3. The second-order valence-corrected chi connectivity index (χ2v) is 5.59. The molecule has 0 saturated carbocycles. The Labute approximate surface area is 121 Å². The van der Waals surface area contributed by atoms with Crippen LogP contribution in [0.15, 0.2) is 30.6 Å². The molecule has 1 aromatic carbocycles. The van der Waals surface area contributed by atoms with Gasteiger partial charge < -0.3 is 10.1 Å². The fourth-order valence-corrected chi connectivity index (χ4v) is 2.89. The van der Waals surface area contributed by atoms with Crippen LogP contribution in [0.4, 0.5) is 5.13 Å². The highest BCUT2D eigenvalue weighted by Gasteiger charge is 2.04. The van der Waals surface area contributed by atoms with Gasteiger partial charge in [-0.2, -0.15) is 5.10 Å². The van der Waals surface area contributed by atoms with Crippen LogP contribution in [0, 0.1) is 6.92 Å². The van der Waals surface area contributed by atoms with Crippen molar-refractivity contribution in [3.8, 4) is 5.75 Å². The Balaban J connectivity index is 1.65. The normalized spacial score (nSPS) is 10.9. The van der Waals surface area contributed by atoms with E-state index < -0.39 is 0 Å². The van der Waals surface area contributed by atoms with E-state index in [9.17, 15) is 0 Å². The molecule has 0 amide bonds. The van der Waals surface area contributed by atoms with E-state index in [0.717, 1.165) is 34.2 Å². The highest BCUT2D eigenvalue weighted by Crippen LogP contribution is 2.28. The number of ether oxygens (including phenoxy) is 1. The molecule has 5 nitrogen and oxygen atoms in total. The lowest BCUT2D eigenvalue weighted by Crippen LogP contribution is -2.10. The molecule has 3 aromatic rings. The number of hydrogen-bond donors (Lipinski definition) is 1. The fraction of sp³-hybridized carbons (Fsp3) is 0.286. The van der Waals surface area contributed by atoms with Crippen LogP contribution in [0.2, 0.25) is 0 Å². The predicted molar refractivity (Wildman–Crippen MR) is 81.6 cm³/mol. The first-order valence-electron chi connectivity index (χ1n) is 6.42. The molecule has 0 radical (unpaired) electrons. The summed E-state index contributed by atoms with van der Waals surface area (Å²) in [5.41, 5.74) is 2.17. The monoisotopic (exact) mass is 288 g/mol. The zero-order valence-corrected chi connectivity index (χ0v) is 12.3. The molecule has 1 N–H and O–H groups in total. The molecule has 0 unspecified atom stereocenters. The van der Waals surface area contributed by atoms with Gasteiger partial charge in [-0.25, -0.2) is 4.98 Å². The van der Waals surface area contributed by atoms with Gasteiger partial charge in [0.05, 0.1) is 30.1 Å². The van der Waals surface area contributed by atoms with E-state index in [0.29, 0.717) is 0 Å². The predicted octanol–water partition coefficient (Wildman–Crippen LogP) is 2.92. The molecule has 0 aliphatic heterocycles. The smallest absolute Gasteiger partial charge is 0.183 e. The van der Waals surface area contributed by atoms with Gasteiger partial charge in [-0.05, 0) is 30.7 Å². The summed E-state index contributed by atoms with van der Waals surface area (Å²) in [6.45, 7) is 3.67. The average Bonchev–Trinajstić information content (AvgIpc) is 3.03. The van der Waals surface area contributed by atoms with Crippen molar-refractivity contribution in [3.63, 3.8) is 0 Å². The third kappa shape index (κ3) is 2.75. The van der Waals surface area contributed by atoms with Crippen LogP contribution in [-0.2, 0) is 6.54 Å². The van der Waals surface area contributed by atoms with Gasteiger partial charge in [-0.15, -0.1) is 0 Å². The van der Waals surface area contributed by atoms with Crippen LogP contribution in [0.1, 0.15) is 5.56 Å². The topological polar surface area (TPSA) is 52.0 Å². The molecule has 0 spiro atoms. The fourth-order valence-electron chi connectivity index (χ4n) is 1.97. The number of aryl methyl sites for hydroxylation is 1. The summed E-state index contributed by atoms with van der Waals surface area (Å²) in [4.78, 5) is 4.55. The molecule has 20 heavy (non-hydrogen) atoms.